The molecule has 0 saturated heterocycles. The van der Waals surface area contributed by atoms with Gasteiger partial charge in [0.2, 0.25) is 5.91 Å². The van der Waals surface area contributed by atoms with E-state index in [1.807, 2.05) is 6.92 Å². The Bertz CT molecular complexity index is 1270. The van der Waals surface area contributed by atoms with Crippen LogP contribution in [-0.2, 0) is 11.0 Å². The first kappa shape index (κ1) is 23.4. The van der Waals surface area contributed by atoms with E-state index in [4.69, 9.17) is 10.5 Å². The second-order valence-electron chi connectivity index (χ2n) is 9.39. The highest BCUT2D eigenvalue weighted by atomic mass is 19.4. The van der Waals surface area contributed by atoms with Crippen LogP contribution in [0.3, 0.4) is 0 Å². The van der Waals surface area contributed by atoms with Crippen molar-refractivity contribution in [1.82, 2.24) is 4.98 Å². The van der Waals surface area contributed by atoms with Crippen LogP contribution in [0.15, 0.2) is 48.7 Å². The van der Waals surface area contributed by atoms with Crippen molar-refractivity contribution in [2.75, 3.05) is 11.1 Å². The number of carbonyl (C=O) groups is 1. The van der Waals surface area contributed by atoms with Crippen LogP contribution in [0.1, 0.15) is 31.7 Å². The standard InChI is InChI=1S/C26H25F4N3O2/c1-2-16(25(34)33-22-5-3-13(9-20(22)31)26(28,29)30)24-17-11-15(12-18(17)24)35-23-7-8-32-21-6-4-14(27)10-19(21)23/h3-10,15-18,24H,2,11-12,31H2,1H3,(H,33,34)/t15-,16?,17-,18+,24-. The van der Waals surface area contributed by atoms with Crippen molar-refractivity contribution in [3.8, 4) is 5.75 Å². The molecule has 1 amide bonds. The lowest BCUT2D eigenvalue weighted by Gasteiger charge is -2.22. The Kier molecular flexibility index (Phi) is 5.81. The Morgan fingerprint density at radius 1 is 1.17 bits per heavy atom. The summed E-state index contributed by atoms with van der Waals surface area (Å²) in [5.41, 5.74) is 5.65. The minimum absolute atomic E-state index is 0.0266. The number of nitrogen functional groups attached to an aromatic ring is 1. The van der Waals surface area contributed by atoms with Crippen molar-refractivity contribution in [2.45, 2.75) is 38.5 Å². The van der Waals surface area contributed by atoms with Gasteiger partial charge in [-0.2, -0.15) is 13.2 Å². The third kappa shape index (κ3) is 4.51. The number of nitrogens with two attached hydrogens (primary N) is 1. The molecular formula is C26H25F4N3O2. The number of halogens is 4. The first-order valence-electron chi connectivity index (χ1n) is 11.6. The predicted octanol–water partition coefficient (Wildman–Crippen LogP) is 6.04. The molecule has 2 saturated carbocycles. The van der Waals surface area contributed by atoms with Crippen LogP contribution in [0, 0.1) is 29.5 Å². The number of anilines is 2. The third-order valence-corrected chi connectivity index (χ3v) is 7.30. The lowest BCUT2D eigenvalue weighted by atomic mass is 9.92. The van der Waals surface area contributed by atoms with E-state index in [9.17, 15) is 22.4 Å². The second kappa shape index (κ2) is 8.70. The van der Waals surface area contributed by atoms with Crippen LogP contribution in [0.2, 0.25) is 0 Å². The molecule has 184 valence electrons. The number of aromatic nitrogens is 1. The fraction of sp³-hybridized carbons (Fsp3) is 0.385. The maximum absolute atomic E-state index is 13.7. The molecule has 0 spiro atoms. The number of hydrogen-bond acceptors (Lipinski definition) is 4. The zero-order chi connectivity index (χ0) is 24.9. The van der Waals surface area contributed by atoms with E-state index in [0.29, 0.717) is 34.9 Å². The molecule has 5 rings (SSSR count). The summed E-state index contributed by atoms with van der Waals surface area (Å²) in [6.07, 6.45) is -0.686. The molecule has 0 aliphatic heterocycles. The van der Waals surface area contributed by atoms with E-state index in [2.05, 4.69) is 10.3 Å². The highest BCUT2D eigenvalue weighted by molar-refractivity contribution is 5.95. The molecular weight excluding hydrogens is 462 g/mol. The molecule has 1 aromatic heterocycles. The molecule has 2 aliphatic carbocycles. The summed E-state index contributed by atoms with van der Waals surface area (Å²) < 4.78 is 58.6. The molecule has 1 heterocycles. The van der Waals surface area contributed by atoms with Gasteiger partial charge in [0.15, 0.2) is 0 Å². The average Bonchev–Trinajstić information content (AvgIpc) is 3.27. The number of hydrogen-bond donors (Lipinski definition) is 2. The summed E-state index contributed by atoms with van der Waals surface area (Å²) in [6.45, 7) is 1.93. The van der Waals surface area contributed by atoms with Crippen LogP contribution >= 0.6 is 0 Å². The van der Waals surface area contributed by atoms with Crippen molar-refractivity contribution >= 4 is 28.2 Å². The van der Waals surface area contributed by atoms with Gasteiger partial charge >= 0.3 is 6.18 Å². The van der Waals surface area contributed by atoms with Crippen LogP contribution < -0.4 is 15.8 Å². The van der Waals surface area contributed by atoms with Crippen molar-refractivity contribution < 1.29 is 27.1 Å². The van der Waals surface area contributed by atoms with E-state index >= 15 is 0 Å². The minimum Gasteiger partial charge on any atom is -0.490 e. The van der Waals surface area contributed by atoms with Gasteiger partial charge < -0.3 is 15.8 Å². The van der Waals surface area contributed by atoms with Crippen molar-refractivity contribution in [3.63, 3.8) is 0 Å². The predicted molar refractivity (Wildman–Crippen MR) is 124 cm³/mol. The highest BCUT2D eigenvalue weighted by Gasteiger charge is 2.60. The van der Waals surface area contributed by atoms with Crippen molar-refractivity contribution in [1.29, 1.82) is 0 Å². The molecule has 0 bridgehead atoms. The van der Waals surface area contributed by atoms with Crippen molar-refractivity contribution in [3.05, 3.63) is 60.0 Å². The van der Waals surface area contributed by atoms with Gasteiger partial charge in [0.05, 0.1) is 28.6 Å². The smallest absolute Gasteiger partial charge is 0.416 e. The zero-order valence-corrected chi connectivity index (χ0v) is 19.0. The molecule has 5 nitrogen and oxygen atoms in total. The maximum Gasteiger partial charge on any atom is 0.416 e. The Balaban J connectivity index is 1.22. The van der Waals surface area contributed by atoms with Gasteiger partial charge in [-0.3, -0.25) is 9.78 Å². The number of ether oxygens (including phenoxy) is 1. The Morgan fingerprint density at radius 3 is 2.57 bits per heavy atom. The number of carbonyl (C=O) groups excluding carboxylic acids is 1. The summed E-state index contributed by atoms with van der Waals surface area (Å²) in [5, 5.41) is 3.35. The molecule has 1 unspecified atom stereocenters. The average molecular weight is 487 g/mol. The fourth-order valence-electron chi connectivity index (χ4n) is 5.62. The molecule has 2 aromatic carbocycles. The first-order valence-corrected chi connectivity index (χ1v) is 11.6. The minimum atomic E-state index is -4.50. The highest BCUT2D eigenvalue weighted by Crippen LogP contribution is 2.62. The number of fused-ring (bicyclic) bond motifs is 2. The molecule has 2 fully saturated rings. The van der Waals surface area contributed by atoms with Gasteiger partial charge in [-0.1, -0.05) is 6.92 Å². The number of pyridine rings is 1. The van der Waals surface area contributed by atoms with Crippen LogP contribution in [0.25, 0.3) is 10.9 Å². The fourth-order valence-corrected chi connectivity index (χ4v) is 5.62. The quantitative estimate of drug-likeness (QED) is 0.328. The number of nitrogens with one attached hydrogen (secondary N) is 1. The SMILES string of the molecule is CCC(C(=O)Nc1ccc(C(F)(F)F)cc1N)[C@@H]1[C@@H]2C[C@@H](Oc3ccnc4ccc(F)cc34)C[C@@H]21. The monoisotopic (exact) mass is 487 g/mol. The van der Waals surface area contributed by atoms with Crippen molar-refractivity contribution in [2.24, 2.45) is 23.7 Å². The molecule has 3 N–H and O–H groups in total. The first-order chi connectivity index (χ1) is 16.7. The lowest BCUT2D eigenvalue weighted by Crippen LogP contribution is -2.27. The number of benzene rings is 2. The normalized spacial score (nSPS) is 24.1. The Morgan fingerprint density at radius 2 is 1.91 bits per heavy atom. The molecule has 5 atom stereocenters. The van der Waals surface area contributed by atoms with Crippen LogP contribution in [0.4, 0.5) is 28.9 Å². The van der Waals surface area contributed by atoms with Gasteiger partial charge in [0, 0.05) is 17.5 Å². The molecule has 2 aliphatic rings. The summed E-state index contributed by atoms with van der Waals surface area (Å²) >= 11 is 0. The summed E-state index contributed by atoms with van der Waals surface area (Å²) in [7, 11) is 0. The Hall–Kier alpha value is -3.36. The topological polar surface area (TPSA) is 77.2 Å². The van der Waals surface area contributed by atoms with Gasteiger partial charge in [-0.15, -0.1) is 0 Å². The van der Waals surface area contributed by atoms with Gasteiger partial charge in [0.25, 0.3) is 0 Å². The summed E-state index contributed by atoms with van der Waals surface area (Å²) in [6, 6.07) is 9.08. The maximum atomic E-state index is 13.7. The summed E-state index contributed by atoms with van der Waals surface area (Å²) in [5.74, 6) is 0.628. The zero-order valence-electron chi connectivity index (χ0n) is 19.0. The van der Waals surface area contributed by atoms with E-state index in [-0.39, 0.29) is 41.0 Å². The second-order valence-corrected chi connectivity index (χ2v) is 9.39. The number of alkyl halides is 3. The van der Waals surface area contributed by atoms with E-state index < -0.39 is 11.7 Å². The third-order valence-electron chi connectivity index (χ3n) is 7.30. The lowest BCUT2D eigenvalue weighted by molar-refractivity contribution is -0.137. The largest absolute Gasteiger partial charge is 0.490 e. The number of nitrogens with zero attached hydrogens (tertiary/aromatic N) is 1. The number of rotatable bonds is 6. The summed E-state index contributed by atoms with van der Waals surface area (Å²) in [4.78, 5) is 17.2. The van der Waals surface area contributed by atoms with Crippen LogP contribution in [-0.4, -0.2) is 17.0 Å². The van der Waals surface area contributed by atoms with Gasteiger partial charge in [0.1, 0.15) is 11.6 Å². The molecule has 35 heavy (non-hydrogen) atoms. The van der Waals surface area contributed by atoms with E-state index in [0.717, 1.165) is 25.0 Å². The molecule has 0 radical (unpaired) electrons. The van der Waals surface area contributed by atoms with Crippen LogP contribution in [0.5, 0.6) is 5.75 Å². The Labute approximate surface area is 199 Å². The van der Waals surface area contributed by atoms with E-state index in [1.54, 1.807) is 18.3 Å². The van der Waals surface area contributed by atoms with Gasteiger partial charge in [-0.25, -0.2) is 4.39 Å². The molecule has 3 aromatic rings. The number of amides is 1. The molecule has 9 heteroatoms. The van der Waals surface area contributed by atoms with Gasteiger partial charge in [-0.05, 0) is 79.5 Å². The van der Waals surface area contributed by atoms with E-state index in [1.165, 1.54) is 18.2 Å².